The summed E-state index contributed by atoms with van der Waals surface area (Å²) in [5, 5.41) is 1.69. The molecule has 6 nitrogen and oxygen atoms in total. The minimum atomic E-state index is -0.783. The molecule has 0 unspecified atom stereocenters. The molecule has 0 N–H and O–H groups in total. The van der Waals surface area contributed by atoms with E-state index in [0.29, 0.717) is 6.54 Å². The number of carbonyl (C=O) groups is 2. The van der Waals surface area contributed by atoms with Crippen LogP contribution in [-0.2, 0) is 14.4 Å². The van der Waals surface area contributed by atoms with Crippen molar-refractivity contribution in [3.05, 3.63) is 60.2 Å². The Bertz CT molecular complexity index is 821. The normalized spacial score (nSPS) is 24.9. The summed E-state index contributed by atoms with van der Waals surface area (Å²) in [4.78, 5) is 32.8. The zero-order valence-electron chi connectivity index (χ0n) is 14.7. The Hall–Kier alpha value is -2.86. The summed E-state index contributed by atoms with van der Waals surface area (Å²) >= 11 is 0. The molecule has 6 heteroatoms. The van der Waals surface area contributed by atoms with E-state index in [1.807, 2.05) is 54.6 Å². The zero-order valence-corrected chi connectivity index (χ0v) is 14.7. The van der Waals surface area contributed by atoms with Gasteiger partial charge in [-0.15, -0.1) is 0 Å². The molecule has 2 aromatic carbocycles. The third-order valence-corrected chi connectivity index (χ3v) is 4.99. The van der Waals surface area contributed by atoms with E-state index >= 15 is 0 Å². The number of hydrogen-bond donors (Lipinski definition) is 0. The Morgan fingerprint density at radius 2 is 1.69 bits per heavy atom. The van der Waals surface area contributed by atoms with Gasteiger partial charge in [-0.25, -0.2) is 5.06 Å². The van der Waals surface area contributed by atoms with E-state index in [-0.39, 0.29) is 17.9 Å². The van der Waals surface area contributed by atoms with Crippen molar-refractivity contribution in [2.75, 3.05) is 18.7 Å². The maximum Gasteiger partial charge on any atom is 0.261 e. The van der Waals surface area contributed by atoms with Gasteiger partial charge >= 0.3 is 0 Å². The molecule has 2 heterocycles. The lowest BCUT2D eigenvalue weighted by atomic mass is 9.90. The van der Waals surface area contributed by atoms with E-state index in [1.165, 1.54) is 4.90 Å². The second kappa shape index (κ2) is 6.46. The maximum absolute atomic E-state index is 12.9. The molecule has 0 saturated carbocycles. The first-order valence-corrected chi connectivity index (χ1v) is 8.66. The lowest BCUT2D eigenvalue weighted by molar-refractivity contribution is -0.142. The number of hydroxylamine groups is 1. The predicted molar refractivity (Wildman–Crippen MR) is 95.4 cm³/mol. The van der Waals surface area contributed by atoms with Gasteiger partial charge in [0.1, 0.15) is 11.7 Å². The topological polar surface area (TPSA) is 59.1 Å². The quantitative estimate of drug-likeness (QED) is 0.792. The molecule has 2 amide bonds. The fraction of sp³-hybridized carbons (Fsp3) is 0.300. The highest BCUT2D eigenvalue weighted by Gasteiger charge is 2.59. The van der Waals surface area contributed by atoms with Gasteiger partial charge in [0, 0.05) is 6.54 Å². The molecular formula is C20H20N2O4. The predicted octanol–water partition coefficient (Wildman–Crippen LogP) is 2.56. The van der Waals surface area contributed by atoms with Crippen LogP contribution in [0.15, 0.2) is 54.6 Å². The van der Waals surface area contributed by atoms with Gasteiger partial charge in [-0.1, -0.05) is 30.3 Å². The SMILES string of the molecule is CCN1C(=O)[C@H]2[C@@H](ON(c3ccccc3)[C@H]2c2ccc(OC)cc2)C1=O. The molecule has 2 aliphatic heterocycles. The Morgan fingerprint density at radius 1 is 1.00 bits per heavy atom. The number of anilines is 1. The number of nitrogens with zero attached hydrogens (tertiary/aromatic N) is 2. The summed E-state index contributed by atoms with van der Waals surface area (Å²) in [5.41, 5.74) is 1.72. The van der Waals surface area contributed by atoms with Crippen molar-refractivity contribution in [1.29, 1.82) is 0 Å². The molecule has 0 spiro atoms. The number of imide groups is 1. The van der Waals surface area contributed by atoms with Crippen LogP contribution >= 0.6 is 0 Å². The molecule has 0 bridgehead atoms. The van der Waals surface area contributed by atoms with Gasteiger partial charge in [-0.3, -0.25) is 19.3 Å². The molecule has 134 valence electrons. The first-order chi connectivity index (χ1) is 12.7. The third kappa shape index (κ3) is 2.45. The monoisotopic (exact) mass is 352 g/mol. The lowest BCUT2D eigenvalue weighted by Crippen LogP contribution is -2.37. The summed E-state index contributed by atoms with van der Waals surface area (Å²) in [6, 6.07) is 16.7. The number of benzene rings is 2. The summed E-state index contributed by atoms with van der Waals surface area (Å²) < 4.78 is 5.23. The second-order valence-electron chi connectivity index (χ2n) is 6.35. The number of amides is 2. The maximum atomic E-state index is 12.9. The van der Waals surface area contributed by atoms with E-state index in [0.717, 1.165) is 17.0 Å². The van der Waals surface area contributed by atoms with Crippen molar-refractivity contribution in [2.45, 2.75) is 19.1 Å². The average molecular weight is 352 g/mol. The van der Waals surface area contributed by atoms with Crippen LogP contribution in [0.4, 0.5) is 5.69 Å². The van der Waals surface area contributed by atoms with Gasteiger partial charge in [-0.2, -0.15) is 0 Å². The largest absolute Gasteiger partial charge is 0.497 e. The molecule has 2 fully saturated rings. The molecular weight excluding hydrogens is 332 g/mol. The summed E-state index contributed by atoms with van der Waals surface area (Å²) in [6.07, 6.45) is -0.783. The smallest absolute Gasteiger partial charge is 0.261 e. The van der Waals surface area contributed by atoms with Crippen LogP contribution in [0.5, 0.6) is 5.75 Å². The highest BCUT2D eigenvalue weighted by Crippen LogP contribution is 2.46. The van der Waals surface area contributed by atoms with Gasteiger partial charge in [0.2, 0.25) is 5.91 Å². The molecule has 0 aliphatic carbocycles. The number of rotatable bonds is 4. The Kier molecular flexibility index (Phi) is 4.12. The Balaban J connectivity index is 1.78. The van der Waals surface area contributed by atoms with E-state index in [2.05, 4.69) is 0 Å². The van der Waals surface area contributed by atoms with Crippen LogP contribution in [0.25, 0.3) is 0 Å². The Labute approximate surface area is 151 Å². The van der Waals surface area contributed by atoms with Gasteiger partial charge in [0.05, 0.1) is 18.8 Å². The van der Waals surface area contributed by atoms with E-state index < -0.39 is 12.0 Å². The molecule has 2 saturated heterocycles. The number of likely N-dealkylation sites (tertiary alicyclic amines) is 1. The van der Waals surface area contributed by atoms with Crippen molar-refractivity contribution in [2.24, 2.45) is 5.92 Å². The number of para-hydroxylation sites is 1. The van der Waals surface area contributed by atoms with Crippen LogP contribution in [0.2, 0.25) is 0 Å². The van der Waals surface area contributed by atoms with Crippen LogP contribution < -0.4 is 9.80 Å². The number of methoxy groups -OCH3 is 1. The average Bonchev–Trinajstić information content (AvgIpc) is 3.19. The molecule has 26 heavy (non-hydrogen) atoms. The molecule has 0 aromatic heterocycles. The Morgan fingerprint density at radius 3 is 2.31 bits per heavy atom. The third-order valence-electron chi connectivity index (χ3n) is 4.99. The van der Waals surface area contributed by atoms with Gasteiger partial charge < -0.3 is 4.74 Å². The highest BCUT2D eigenvalue weighted by atomic mass is 16.7. The van der Waals surface area contributed by atoms with Crippen molar-refractivity contribution in [1.82, 2.24) is 4.90 Å². The summed E-state index contributed by atoms with van der Waals surface area (Å²) in [7, 11) is 1.61. The second-order valence-corrected chi connectivity index (χ2v) is 6.35. The van der Waals surface area contributed by atoms with E-state index in [4.69, 9.17) is 9.57 Å². The molecule has 2 aliphatic rings. The van der Waals surface area contributed by atoms with Crippen molar-refractivity contribution >= 4 is 17.5 Å². The summed E-state index contributed by atoms with van der Waals surface area (Å²) in [5.74, 6) is -0.267. The minimum absolute atomic E-state index is 0.179. The van der Waals surface area contributed by atoms with Crippen LogP contribution in [-0.4, -0.2) is 36.5 Å². The van der Waals surface area contributed by atoms with Gasteiger partial charge in [0.15, 0.2) is 6.10 Å². The molecule has 3 atom stereocenters. The number of ether oxygens (including phenoxy) is 1. The van der Waals surface area contributed by atoms with Gasteiger partial charge in [0.25, 0.3) is 5.91 Å². The number of likely N-dealkylation sites (N-methyl/N-ethyl adjacent to an activating group) is 1. The first kappa shape index (κ1) is 16.6. The fourth-order valence-electron chi connectivity index (χ4n) is 3.72. The van der Waals surface area contributed by atoms with Gasteiger partial charge in [-0.05, 0) is 36.8 Å². The number of hydrogen-bond acceptors (Lipinski definition) is 5. The fourth-order valence-corrected chi connectivity index (χ4v) is 3.72. The van der Waals surface area contributed by atoms with Crippen molar-refractivity contribution < 1.29 is 19.2 Å². The highest BCUT2D eigenvalue weighted by molar-refractivity contribution is 6.07. The van der Waals surface area contributed by atoms with E-state index in [1.54, 1.807) is 19.1 Å². The first-order valence-electron chi connectivity index (χ1n) is 8.66. The molecule has 0 radical (unpaired) electrons. The summed E-state index contributed by atoms with van der Waals surface area (Å²) in [6.45, 7) is 2.16. The van der Waals surface area contributed by atoms with E-state index in [9.17, 15) is 9.59 Å². The number of carbonyl (C=O) groups excluding carboxylic acids is 2. The lowest BCUT2D eigenvalue weighted by Gasteiger charge is -2.28. The van der Waals surface area contributed by atoms with Crippen LogP contribution in [0, 0.1) is 5.92 Å². The minimum Gasteiger partial charge on any atom is -0.497 e. The van der Waals surface area contributed by atoms with Crippen LogP contribution in [0.1, 0.15) is 18.5 Å². The van der Waals surface area contributed by atoms with Crippen molar-refractivity contribution in [3.8, 4) is 5.75 Å². The standard InChI is InChI=1S/C20H20N2O4/c1-3-21-19(23)16-17(13-9-11-15(25-2)12-10-13)22(26-18(16)20(21)24)14-7-5-4-6-8-14/h4-12,16-18H,3H2,1-2H3/t16-,17+,18-/m1/s1. The van der Waals surface area contributed by atoms with Crippen molar-refractivity contribution in [3.63, 3.8) is 0 Å². The molecule has 4 rings (SSSR count). The molecule has 2 aromatic rings. The zero-order chi connectivity index (χ0) is 18.3. The van der Waals surface area contributed by atoms with Crippen LogP contribution in [0.3, 0.4) is 0 Å². The number of fused-ring (bicyclic) bond motifs is 1.